The standard InChI is InChI=1S/C22H33N5O5S/c23-22(29)17-5-9-25(10-6-17)16-21(28)24-19-15-18(3-4-20(19)26-7-1-2-8-26)33(30,31)27-11-13-32-14-12-27/h3-4,15,17H,1-2,5-14,16H2,(H2,23,29)(H,24,28). The Hall–Kier alpha value is -2.21. The first kappa shape index (κ1) is 23.9. The van der Waals surface area contributed by atoms with Gasteiger partial charge in [0.05, 0.1) is 36.0 Å². The molecule has 2 amide bonds. The number of primary amides is 1. The van der Waals surface area contributed by atoms with Crippen molar-refractivity contribution in [2.75, 3.05) is 69.2 Å². The van der Waals surface area contributed by atoms with Gasteiger partial charge in [0, 0.05) is 32.1 Å². The molecule has 3 aliphatic heterocycles. The van der Waals surface area contributed by atoms with Gasteiger partial charge in [-0.1, -0.05) is 0 Å². The van der Waals surface area contributed by atoms with Gasteiger partial charge in [-0.3, -0.25) is 14.5 Å². The lowest BCUT2D eigenvalue weighted by Crippen LogP contribution is -2.42. The van der Waals surface area contributed by atoms with E-state index in [1.165, 1.54) is 4.31 Å². The number of rotatable bonds is 7. The van der Waals surface area contributed by atoms with Crippen molar-refractivity contribution in [3.05, 3.63) is 18.2 Å². The topological polar surface area (TPSA) is 125 Å². The minimum Gasteiger partial charge on any atom is -0.379 e. The molecule has 3 aliphatic rings. The average molecular weight is 480 g/mol. The molecule has 0 aliphatic carbocycles. The summed E-state index contributed by atoms with van der Waals surface area (Å²) in [5.74, 6) is -0.616. The Balaban J connectivity index is 1.50. The first-order valence-corrected chi connectivity index (χ1v) is 13.1. The number of anilines is 2. The van der Waals surface area contributed by atoms with E-state index in [0.717, 1.165) is 31.6 Å². The van der Waals surface area contributed by atoms with E-state index in [4.69, 9.17) is 10.5 Å². The number of likely N-dealkylation sites (tertiary alicyclic amines) is 1. The van der Waals surface area contributed by atoms with E-state index in [1.807, 2.05) is 4.90 Å². The number of amides is 2. The number of nitrogens with zero attached hydrogens (tertiary/aromatic N) is 3. The van der Waals surface area contributed by atoms with Crippen molar-refractivity contribution in [1.29, 1.82) is 0 Å². The highest BCUT2D eigenvalue weighted by Gasteiger charge is 2.29. The Labute approximate surface area is 195 Å². The molecular weight excluding hydrogens is 446 g/mol. The second-order valence-corrected chi connectivity index (χ2v) is 10.8. The third-order valence-electron chi connectivity index (χ3n) is 6.65. The zero-order chi connectivity index (χ0) is 23.4. The van der Waals surface area contributed by atoms with Crippen molar-refractivity contribution >= 4 is 33.2 Å². The van der Waals surface area contributed by atoms with Gasteiger partial charge in [-0.25, -0.2) is 8.42 Å². The minimum absolute atomic E-state index is 0.131. The predicted octanol–water partition coefficient (Wildman–Crippen LogP) is 0.444. The number of carbonyl (C=O) groups excluding carboxylic acids is 2. The summed E-state index contributed by atoms with van der Waals surface area (Å²) >= 11 is 0. The van der Waals surface area contributed by atoms with Crippen molar-refractivity contribution in [3.8, 4) is 0 Å². The third-order valence-corrected chi connectivity index (χ3v) is 8.55. The van der Waals surface area contributed by atoms with Crippen LogP contribution in [0.1, 0.15) is 25.7 Å². The van der Waals surface area contributed by atoms with Crippen molar-refractivity contribution in [2.45, 2.75) is 30.6 Å². The molecule has 11 heteroatoms. The van der Waals surface area contributed by atoms with Crippen molar-refractivity contribution in [1.82, 2.24) is 9.21 Å². The zero-order valence-corrected chi connectivity index (χ0v) is 19.7. The summed E-state index contributed by atoms with van der Waals surface area (Å²) in [5, 5.41) is 2.96. The van der Waals surface area contributed by atoms with E-state index in [-0.39, 0.29) is 29.2 Å². The fraction of sp³-hybridized carbons (Fsp3) is 0.636. The van der Waals surface area contributed by atoms with Gasteiger partial charge in [0.25, 0.3) is 0 Å². The summed E-state index contributed by atoms with van der Waals surface area (Å²) < 4.78 is 33.0. The van der Waals surface area contributed by atoms with Gasteiger partial charge in [-0.05, 0) is 57.0 Å². The van der Waals surface area contributed by atoms with Crippen molar-refractivity contribution < 1.29 is 22.7 Å². The molecule has 0 aromatic heterocycles. The van der Waals surface area contributed by atoms with Crippen LogP contribution in [-0.4, -0.2) is 88.5 Å². The maximum atomic E-state index is 13.2. The fourth-order valence-electron chi connectivity index (χ4n) is 4.71. The number of sulfonamides is 1. The van der Waals surface area contributed by atoms with Crippen LogP contribution in [0.25, 0.3) is 0 Å². The molecule has 33 heavy (non-hydrogen) atoms. The van der Waals surface area contributed by atoms with Crippen molar-refractivity contribution in [3.63, 3.8) is 0 Å². The number of piperidine rings is 1. The van der Waals surface area contributed by atoms with Crippen LogP contribution < -0.4 is 16.0 Å². The lowest BCUT2D eigenvalue weighted by Gasteiger charge is -2.30. The van der Waals surface area contributed by atoms with Crippen LogP contribution >= 0.6 is 0 Å². The Kier molecular flexibility index (Phi) is 7.52. The first-order valence-electron chi connectivity index (χ1n) is 11.6. The molecule has 0 spiro atoms. The van der Waals surface area contributed by atoms with Gasteiger partial charge < -0.3 is 20.7 Å². The van der Waals surface area contributed by atoms with E-state index in [0.29, 0.717) is 57.9 Å². The van der Waals surface area contributed by atoms with Gasteiger partial charge in [0.15, 0.2) is 0 Å². The highest BCUT2D eigenvalue weighted by Crippen LogP contribution is 2.32. The fourth-order valence-corrected chi connectivity index (χ4v) is 6.15. The lowest BCUT2D eigenvalue weighted by atomic mass is 9.96. The quantitative estimate of drug-likeness (QED) is 0.581. The second-order valence-electron chi connectivity index (χ2n) is 8.89. The summed E-state index contributed by atoms with van der Waals surface area (Å²) in [6, 6.07) is 5.00. The normalized spacial score (nSPS) is 21.3. The van der Waals surface area contributed by atoms with Gasteiger partial charge >= 0.3 is 0 Å². The van der Waals surface area contributed by atoms with E-state index in [9.17, 15) is 18.0 Å². The van der Waals surface area contributed by atoms with Gasteiger partial charge in [-0.2, -0.15) is 4.31 Å². The van der Waals surface area contributed by atoms with Crippen LogP contribution in [0.5, 0.6) is 0 Å². The second kappa shape index (κ2) is 10.4. The van der Waals surface area contributed by atoms with Crippen LogP contribution in [0.4, 0.5) is 11.4 Å². The number of nitrogens with two attached hydrogens (primary N) is 1. The van der Waals surface area contributed by atoms with Crippen LogP contribution in [0.3, 0.4) is 0 Å². The Morgan fingerprint density at radius 1 is 1.03 bits per heavy atom. The maximum Gasteiger partial charge on any atom is 0.243 e. The molecule has 4 rings (SSSR count). The molecule has 0 radical (unpaired) electrons. The minimum atomic E-state index is -3.67. The van der Waals surface area contributed by atoms with Crippen LogP contribution in [0.2, 0.25) is 0 Å². The Morgan fingerprint density at radius 2 is 1.70 bits per heavy atom. The predicted molar refractivity (Wildman–Crippen MR) is 124 cm³/mol. The van der Waals surface area contributed by atoms with Gasteiger partial charge in [0.2, 0.25) is 21.8 Å². The average Bonchev–Trinajstić information content (AvgIpc) is 3.34. The summed E-state index contributed by atoms with van der Waals surface area (Å²) in [4.78, 5) is 28.6. The molecule has 0 unspecified atom stereocenters. The maximum absolute atomic E-state index is 13.2. The lowest BCUT2D eigenvalue weighted by molar-refractivity contribution is -0.123. The largest absolute Gasteiger partial charge is 0.379 e. The summed E-state index contributed by atoms with van der Waals surface area (Å²) in [5.41, 5.74) is 6.75. The van der Waals surface area contributed by atoms with E-state index in [2.05, 4.69) is 10.2 Å². The monoisotopic (exact) mass is 479 g/mol. The van der Waals surface area contributed by atoms with E-state index >= 15 is 0 Å². The molecule has 0 atom stereocenters. The zero-order valence-electron chi connectivity index (χ0n) is 18.9. The van der Waals surface area contributed by atoms with Crippen LogP contribution in [0, 0.1) is 5.92 Å². The van der Waals surface area contributed by atoms with Crippen LogP contribution in [0.15, 0.2) is 23.1 Å². The van der Waals surface area contributed by atoms with Gasteiger partial charge in [-0.15, -0.1) is 0 Å². The molecule has 1 aromatic carbocycles. The number of ether oxygens (including phenoxy) is 1. The Bertz CT molecular complexity index is 965. The molecule has 3 saturated heterocycles. The number of hydrogen-bond acceptors (Lipinski definition) is 7. The molecule has 3 fully saturated rings. The molecule has 0 saturated carbocycles. The van der Waals surface area contributed by atoms with Gasteiger partial charge in [0.1, 0.15) is 0 Å². The number of benzene rings is 1. The molecule has 3 heterocycles. The molecule has 1 aromatic rings. The number of carbonyl (C=O) groups is 2. The van der Waals surface area contributed by atoms with Crippen LogP contribution in [-0.2, 0) is 24.3 Å². The summed E-state index contributed by atoms with van der Waals surface area (Å²) in [6.45, 7) is 4.58. The first-order chi connectivity index (χ1) is 15.8. The highest BCUT2D eigenvalue weighted by atomic mass is 32.2. The summed E-state index contributed by atoms with van der Waals surface area (Å²) in [6.07, 6.45) is 3.43. The number of nitrogens with one attached hydrogen (secondary N) is 1. The Morgan fingerprint density at radius 3 is 2.33 bits per heavy atom. The molecule has 182 valence electrons. The SMILES string of the molecule is NC(=O)C1CCN(CC(=O)Nc2cc(S(=O)(=O)N3CCOCC3)ccc2N2CCCC2)CC1. The van der Waals surface area contributed by atoms with Crippen molar-refractivity contribution in [2.24, 2.45) is 11.7 Å². The van der Waals surface area contributed by atoms with E-state index < -0.39 is 10.0 Å². The molecule has 10 nitrogen and oxygen atoms in total. The number of morpholine rings is 1. The smallest absolute Gasteiger partial charge is 0.243 e. The highest BCUT2D eigenvalue weighted by molar-refractivity contribution is 7.89. The van der Waals surface area contributed by atoms with E-state index in [1.54, 1.807) is 18.2 Å². The molecule has 3 N–H and O–H groups in total. The summed E-state index contributed by atoms with van der Waals surface area (Å²) in [7, 11) is -3.67. The third kappa shape index (κ3) is 5.65. The molecular formula is C22H33N5O5S. The molecule has 0 bridgehead atoms. The number of hydrogen-bond donors (Lipinski definition) is 2.